The van der Waals surface area contributed by atoms with Crippen molar-refractivity contribution >= 4 is 16.7 Å². The molecule has 0 aliphatic rings. The van der Waals surface area contributed by atoms with E-state index in [0.29, 0.717) is 5.56 Å². The van der Waals surface area contributed by atoms with Crippen molar-refractivity contribution in [2.45, 2.75) is 0 Å². The summed E-state index contributed by atoms with van der Waals surface area (Å²) in [4.78, 5) is 4.97. The van der Waals surface area contributed by atoms with Crippen LogP contribution in [0.15, 0.2) is 24.9 Å². The van der Waals surface area contributed by atoms with Gasteiger partial charge in [-0.05, 0) is 18.4 Å². The van der Waals surface area contributed by atoms with Crippen molar-refractivity contribution in [3.63, 3.8) is 0 Å². The molecule has 0 atom stereocenters. The molecule has 12 heavy (non-hydrogen) atoms. The fourth-order valence-electron chi connectivity index (χ4n) is 0.757. The molecule has 0 unspecified atom stereocenters. The van der Waals surface area contributed by atoms with Gasteiger partial charge < -0.3 is 0 Å². The molecule has 3 heteroatoms. The van der Waals surface area contributed by atoms with Gasteiger partial charge in [-0.3, -0.25) is 4.98 Å². The number of hydrogen-bond donors (Lipinski definition) is 0. The third-order valence-electron chi connectivity index (χ3n) is 1.42. The van der Waals surface area contributed by atoms with Crippen LogP contribution in [0.5, 0.6) is 0 Å². The van der Waals surface area contributed by atoms with Crippen LogP contribution in [-0.2, 0) is 0 Å². The van der Waals surface area contributed by atoms with Crippen molar-refractivity contribution in [2.75, 3.05) is 6.26 Å². The summed E-state index contributed by atoms with van der Waals surface area (Å²) in [5, 5.41) is 8.60. The van der Waals surface area contributed by atoms with Crippen molar-refractivity contribution in [3.05, 3.63) is 36.2 Å². The van der Waals surface area contributed by atoms with Gasteiger partial charge in [0.15, 0.2) is 0 Å². The Balaban J connectivity index is 3.04. The van der Waals surface area contributed by atoms with Crippen LogP contribution in [0.25, 0.3) is 4.91 Å². The zero-order valence-electron chi connectivity index (χ0n) is 6.74. The molecule has 1 rings (SSSR count). The fourth-order valence-corrected chi connectivity index (χ4v) is 1.08. The molecule has 0 aliphatic carbocycles. The van der Waals surface area contributed by atoms with E-state index in [0.717, 1.165) is 10.6 Å². The van der Waals surface area contributed by atoms with E-state index >= 15 is 0 Å². The Bertz CT molecular complexity index is 339. The lowest BCUT2D eigenvalue weighted by atomic mass is 10.2. The zero-order valence-corrected chi connectivity index (χ0v) is 7.56. The van der Waals surface area contributed by atoms with Gasteiger partial charge in [-0.2, -0.15) is 5.26 Å². The van der Waals surface area contributed by atoms with Crippen LogP contribution in [0.3, 0.4) is 0 Å². The van der Waals surface area contributed by atoms with Crippen LogP contribution >= 0.6 is 11.8 Å². The first-order chi connectivity index (χ1) is 5.77. The number of thioether (sulfide) groups is 1. The number of aromatic nitrogens is 1. The molecule has 1 heterocycles. The minimum absolute atomic E-state index is 0.621. The van der Waals surface area contributed by atoms with Gasteiger partial charge in [-0.1, -0.05) is 6.58 Å². The summed E-state index contributed by atoms with van der Waals surface area (Å²) >= 11 is 1.53. The highest BCUT2D eigenvalue weighted by Gasteiger charge is 1.99. The monoisotopic (exact) mass is 176 g/mol. The van der Waals surface area contributed by atoms with Crippen molar-refractivity contribution in [3.8, 4) is 6.07 Å². The molecule has 0 aliphatic heterocycles. The first-order valence-electron chi connectivity index (χ1n) is 3.37. The van der Waals surface area contributed by atoms with E-state index in [1.165, 1.54) is 11.8 Å². The number of nitriles is 1. The quantitative estimate of drug-likeness (QED) is 0.693. The van der Waals surface area contributed by atoms with Crippen LogP contribution in [0.1, 0.15) is 11.3 Å². The second-order valence-electron chi connectivity index (χ2n) is 2.17. The second kappa shape index (κ2) is 3.93. The second-order valence-corrected chi connectivity index (χ2v) is 3.07. The van der Waals surface area contributed by atoms with Gasteiger partial charge in [-0.25, -0.2) is 0 Å². The van der Waals surface area contributed by atoms with E-state index in [9.17, 15) is 0 Å². The van der Waals surface area contributed by atoms with Gasteiger partial charge in [0.05, 0.1) is 17.3 Å². The summed E-state index contributed by atoms with van der Waals surface area (Å²) in [6.07, 6.45) is 3.55. The Morgan fingerprint density at radius 1 is 1.75 bits per heavy atom. The summed E-state index contributed by atoms with van der Waals surface area (Å²) in [7, 11) is 0. The average Bonchev–Trinajstić information content (AvgIpc) is 2.17. The number of pyridine rings is 1. The van der Waals surface area contributed by atoms with Crippen molar-refractivity contribution in [1.82, 2.24) is 4.98 Å². The smallest absolute Gasteiger partial charge is 0.0992 e. The van der Waals surface area contributed by atoms with Gasteiger partial charge in [0.25, 0.3) is 0 Å². The van der Waals surface area contributed by atoms with E-state index in [1.54, 1.807) is 18.3 Å². The van der Waals surface area contributed by atoms with Gasteiger partial charge in [-0.15, -0.1) is 11.8 Å². The summed E-state index contributed by atoms with van der Waals surface area (Å²) < 4.78 is 0. The predicted molar refractivity (Wildman–Crippen MR) is 51.5 cm³/mol. The normalized spacial score (nSPS) is 9.00. The van der Waals surface area contributed by atoms with E-state index in [2.05, 4.69) is 17.6 Å². The molecule has 0 aromatic carbocycles. The lowest BCUT2D eigenvalue weighted by molar-refractivity contribution is 1.28. The highest BCUT2D eigenvalue weighted by Crippen LogP contribution is 2.20. The lowest BCUT2D eigenvalue weighted by Gasteiger charge is -1.99. The summed E-state index contributed by atoms with van der Waals surface area (Å²) in [6, 6.07) is 5.47. The Morgan fingerprint density at radius 3 is 3.08 bits per heavy atom. The molecule has 2 nitrogen and oxygen atoms in total. The van der Waals surface area contributed by atoms with Crippen LogP contribution in [0.2, 0.25) is 0 Å². The maximum absolute atomic E-state index is 8.60. The molecule has 0 N–H and O–H groups in total. The van der Waals surface area contributed by atoms with Gasteiger partial charge in [0.1, 0.15) is 0 Å². The predicted octanol–water partition coefficient (Wildman–Crippen LogP) is 2.29. The molecule has 0 spiro atoms. The number of hydrogen-bond acceptors (Lipinski definition) is 3. The molecule has 60 valence electrons. The van der Waals surface area contributed by atoms with Crippen LogP contribution < -0.4 is 0 Å². The number of nitrogens with zero attached hydrogens (tertiary/aromatic N) is 2. The minimum atomic E-state index is 0.621. The first kappa shape index (κ1) is 8.82. The largest absolute Gasteiger partial charge is 0.256 e. The molecule has 0 saturated heterocycles. The van der Waals surface area contributed by atoms with Crippen molar-refractivity contribution in [1.29, 1.82) is 5.26 Å². The van der Waals surface area contributed by atoms with Gasteiger partial charge in [0, 0.05) is 11.1 Å². The fraction of sp³-hybridized carbons (Fsp3) is 0.111. The number of rotatable bonds is 2. The SMILES string of the molecule is C=C(SC)c1cc(C#N)ccn1. The summed E-state index contributed by atoms with van der Waals surface area (Å²) in [5.74, 6) is 0. The molecule has 1 aromatic heterocycles. The Hall–Kier alpha value is -1.27. The minimum Gasteiger partial charge on any atom is -0.256 e. The standard InChI is InChI=1S/C9H8N2S/c1-7(12-2)9-5-8(6-10)3-4-11-9/h3-5H,1H2,2H3. The first-order valence-corrected chi connectivity index (χ1v) is 4.60. The maximum Gasteiger partial charge on any atom is 0.0992 e. The molecule has 0 amide bonds. The topological polar surface area (TPSA) is 36.7 Å². The molecule has 0 radical (unpaired) electrons. The molecule has 0 bridgehead atoms. The highest BCUT2D eigenvalue weighted by molar-refractivity contribution is 8.07. The average molecular weight is 176 g/mol. The van der Waals surface area contributed by atoms with Gasteiger partial charge >= 0.3 is 0 Å². The van der Waals surface area contributed by atoms with Crippen LogP contribution in [-0.4, -0.2) is 11.2 Å². The van der Waals surface area contributed by atoms with Gasteiger partial charge in [0.2, 0.25) is 0 Å². The van der Waals surface area contributed by atoms with E-state index in [1.807, 2.05) is 6.26 Å². The van der Waals surface area contributed by atoms with E-state index in [4.69, 9.17) is 5.26 Å². The third kappa shape index (κ3) is 1.86. The molecular weight excluding hydrogens is 168 g/mol. The van der Waals surface area contributed by atoms with E-state index in [-0.39, 0.29) is 0 Å². The van der Waals surface area contributed by atoms with Crippen LogP contribution in [0, 0.1) is 11.3 Å². The highest BCUT2D eigenvalue weighted by atomic mass is 32.2. The molecular formula is C9H8N2S. The molecule has 0 saturated carbocycles. The summed E-state index contributed by atoms with van der Waals surface area (Å²) in [5.41, 5.74) is 1.40. The Kier molecular flexibility index (Phi) is 2.89. The maximum atomic E-state index is 8.60. The Morgan fingerprint density at radius 2 is 2.50 bits per heavy atom. The van der Waals surface area contributed by atoms with Crippen LogP contribution in [0.4, 0.5) is 0 Å². The third-order valence-corrected chi connectivity index (χ3v) is 2.12. The molecule has 0 fully saturated rings. The molecule has 1 aromatic rings. The Labute approximate surface area is 75.9 Å². The van der Waals surface area contributed by atoms with Crippen molar-refractivity contribution in [2.24, 2.45) is 0 Å². The lowest BCUT2D eigenvalue weighted by Crippen LogP contribution is -1.85. The zero-order chi connectivity index (χ0) is 8.97. The summed E-state index contributed by atoms with van der Waals surface area (Å²) in [6.45, 7) is 3.81. The van der Waals surface area contributed by atoms with E-state index < -0.39 is 0 Å². The van der Waals surface area contributed by atoms with Crippen molar-refractivity contribution < 1.29 is 0 Å².